The number of nitrogens with zero attached hydrogens (tertiary/aromatic N) is 1. The molecule has 1 heterocycles. The molecule has 0 aromatic heterocycles. The topological polar surface area (TPSA) is 32.3 Å². The third kappa shape index (κ3) is 2.24. The zero-order valence-electron chi connectivity index (χ0n) is 7.60. The maximum absolute atomic E-state index is 12.8. The molecule has 0 unspecified atom stereocenters. The van der Waals surface area contributed by atoms with Gasteiger partial charge in [-0.05, 0) is 0 Å². The molecule has 0 amide bonds. The van der Waals surface area contributed by atoms with Gasteiger partial charge in [-0.25, -0.2) is 0 Å². The van der Waals surface area contributed by atoms with Crippen molar-refractivity contribution < 1.29 is 13.6 Å². The highest BCUT2D eigenvalue weighted by Gasteiger charge is 2.43. The van der Waals surface area contributed by atoms with E-state index in [4.69, 9.17) is 0 Å². The van der Waals surface area contributed by atoms with Crippen molar-refractivity contribution >= 4 is 5.78 Å². The molecule has 0 aromatic carbocycles. The van der Waals surface area contributed by atoms with E-state index in [0.717, 1.165) is 0 Å². The van der Waals surface area contributed by atoms with E-state index in [0.29, 0.717) is 0 Å². The number of nitrogens with one attached hydrogen (secondary N) is 1. The summed E-state index contributed by atoms with van der Waals surface area (Å²) in [6.45, 7) is -0.344. The van der Waals surface area contributed by atoms with Crippen LogP contribution in [0.4, 0.5) is 8.78 Å². The summed E-state index contributed by atoms with van der Waals surface area (Å²) in [6, 6.07) is 0. The molecule has 1 rings (SSSR count). The van der Waals surface area contributed by atoms with Gasteiger partial charge in [0, 0.05) is 32.4 Å². The molecular formula is C8H12F2N2O. The Bertz CT molecular complexity index is 249. The Morgan fingerprint density at radius 2 is 2.15 bits per heavy atom. The second-order valence-corrected chi connectivity index (χ2v) is 3.26. The molecule has 0 spiro atoms. The minimum atomic E-state index is -3.25. The second-order valence-electron chi connectivity index (χ2n) is 3.26. The summed E-state index contributed by atoms with van der Waals surface area (Å²) >= 11 is 0. The molecule has 0 bridgehead atoms. The zero-order chi connectivity index (χ0) is 10.1. The van der Waals surface area contributed by atoms with Gasteiger partial charge in [0.1, 0.15) is 0 Å². The average molecular weight is 190 g/mol. The van der Waals surface area contributed by atoms with Crippen LogP contribution in [0.5, 0.6) is 0 Å². The first-order valence-corrected chi connectivity index (χ1v) is 3.94. The van der Waals surface area contributed by atoms with E-state index in [2.05, 4.69) is 5.32 Å². The molecule has 1 saturated heterocycles. The number of carbonyl (C=O) groups is 1. The fourth-order valence-electron chi connectivity index (χ4n) is 1.17. The summed E-state index contributed by atoms with van der Waals surface area (Å²) < 4.78 is 25.7. The number of Topliss-reactive ketones (excluding diaryl/α,β-unsaturated/α-hetero) is 1. The standard InChI is InChI=1S/C8H12F2N2O/c1-12(2)4-6-3-11-5-8(9,10)7(6)13/h4,11H,3,5H2,1-2H3/b6-4-. The molecule has 74 valence electrons. The highest BCUT2D eigenvalue weighted by Crippen LogP contribution is 2.21. The van der Waals surface area contributed by atoms with Gasteiger partial charge >= 0.3 is 5.92 Å². The SMILES string of the molecule is CN(C)/C=C1/CNCC(F)(F)C1=O. The molecule has 0 saturated carbocycles. The number of hydrogen-bond acceptors (Lipinski definition) is 3. The van der Waals surface area contributed by atoms with Crippen LogP contribution >= 0.6 is 0 Å². The summed E-state index contributed by atoms with van der Waals surface area (Å²) in [5.41, 5.74) is 0.126. The van der Waals surface area contributed by atoms with E-state index in [-0.39, 0.29) is 12.1 Å². The van der Waals surface area contributed by atoms with Crippen LogP contribution in [-0.2, 0) is 4.79 Å². The van der Waals surface area contributed by atoms with E-state index in [1.165, 1.54) is 6.20 Å². The third-order valence-corrected chi connectivity index (χ3v) is 1.70. The Labute approximate surface area is 75.4 Å². The van der Waals surface area contributed by atoms with Gasteiger partial charge < -0.3 is 10.2 Å². The van der Waals surface area contributed by atoms with Crippen LogP contribution in [0.2, 0.25) is 0 Å². The molecule has 0 radical (unpaired) electrons. The summed E-state index contributed by atoms with van der Waals surface area (Å²) in [4.78, 5) is 12.7. The predicted molar refractivity (Wildman–Crippen MR) is 44.6 cm³/mol. The van der Waals surface area contributed by atoms with Crippen molar-refractivity contribution in [2.24, 2.45) is 0 Å². The number of alkyl halides is 2. The summed E-state index contributed by atoms with van der Waals surface area (Å²) in [5, 5.41) is 2.50. The van der Waals surface area contributed by atoms with E-state index in [9.17, 15) is 13.6 Å². The van der Waals surface area contributed by atoms with Crippen molar-refractivity contribution in [2.75, 3.05) is 27.2 Å². The first kappa shape index (κ1) is 10.1. The Morgan fingerprint density at radius 1 is 1.54 bits per heavy atom. The van der Waals surface area contributed by atoms with Gasteiger partial charge in [0.25, 0.3) is 0 Å². The number of ketones is 1. The minimum absolute atomic E-state index is 0.126. The van der Waals surface area contributed by atoms with Gasteiger partial charge in [0.2, 0.25) is 5.78 Å². The lowest BCUT2D eigenvalue weighted by Crippen LogP contribution is -2.48. The molecule has 1 aliphatic rings. The Hall–Kier alpha value is -0.970. The monoisotopic (exact) mass is 190 g/mol. The molecule has 3 nitrogen and oxygen atoms in total. The Balaban J connectivity index is 2.83. The quantitative estimate of drug-likeness (QED) is 0.601. The molecule has 13 heavy (non-hydrogen) atoms. The normalized spacial score (nSPS) is 24.9. The number of rotatable bonds is 1. The fraction of sp³-hybridized carbons (Fsp3) is 0.625. The highest BCUT2D eigenvalue weighted by atomic mass is 19.3. The molecule has 5 heteroatoms. The van der Waals surface area contributed by atoms with Crippen molar-refractivity contribution in [1.29, 1.82) is 0 Å². The number of halogens is 2. The van der Waals surface area contributed by atoms with Crippen molar-refractivity contribution in [3.8, 4) is 0 Å². The molecule has 1 aliphatic heterocycles. The summed E-state index contributed by atoms with van der Waals surface area (Å²) in [7, 11) is 3.38. The number of piperidine rings is 1. The first-order valence-electron chi connectivity index (χ1n) is 3.94. The van der Waals surface area contributed by atoms with Gasteiger partial charge in [-0.15, -0.1) is 0 Å². The largest absolute Gasteiger partial charge is 0.383 e. The maximum Gasteiger partial charge on any atom is 0.321 e. The molecule has 1 fully saturated rings. The van der Waals surface area contributed by atoms with Crippen molar-refractivity contribution in [3.05, 3.63) is 11.8 Å². The smallest absolute Gasteiger partial charge is 0.321 e. The zero-order valence-corrected chi connectivity index (χ0v) is 7.60. The summed E-state index contributed by atoms with van der Waals surface area (Å²) in [6.07, 6.45) is 1.42. The first-order chi connectivity index (χ1) is 5.93. The van der Waals surface area contributed by atoms with Crippen LogP contribution in [0.25, 0.3) is 0 Å². The van der Waals surface area contributed by atoms with Gasteiger partial charge in [0.05, 0.1) is 6.54 Å². The van der Waals surface area contributed by atoms with Crippen LogP contribution in [0.1, 0.15) is 0 Å². The number of carbonyl (C=O) groups excluding carboxylic acids is 1. The van der Waals surface area contributed by atoms with Gasteiger partial charge in [0.15, 0.2) is 0 Å². The van der Waals surface area contributed by atoms with Crippen molar-refractivity contribution in [1.82, 2.24) is 10.2 Å². The van der Waals surface area contributed by atoms with E-state index < -0.39 is 18.3 Å². The van der Waals surface area contributed by atoms with Crippen LogP contribution < -0.4 is 5.32 Å². The summed E-state index contributed by atoms with van der Waals surface area (Å²) in [5.74, 6) is -4.32. The average Bonchev–Trinajstić information content (AvgIpc) is 1.98. The lowest BCUT2D eigenvalue weighted by atomic mass is 10.0. The third-order valence-electron chi connectivity index (χ3n) is 1.70. The fourth-order valence-corrected chi connectivity index (χ4v) is 1.17. The lowest BCUT2D eigenvalue weighted by molar-refractivity contribution is -0.140. The number of hydrogen-bond donors (Lipinski definition) is 1. The Kier molecular flexibility index (Phi) is 2.66. The van der Waals surface area contributed by atoms with Crippen LogP contribution in [0, 0.1) is 0 Å². The van der Waals surface area contributed by atoms with Crippen molar-refractivity contribution in [3.63, 3.8) is 0 Å². The van der Waals surface area contributed by atoms with Gasteiger partial charge in [-0.1, -0.05) is 0 Å². The Morgan fingerprint density at radius 3 is 2.69 bits per heavy atom. The lowest BCUT2D eigenvalue weighted by Gasteiger charge is -2.24. The van der Waals surface area contributed by atoms with Crippen molar-refractivity contribution in [2.45, 2.75) is 5.92 Å². The van der Waals surface area contributed by atoms with Crippen LogP contribution in [0.15, 0.2) is 11.8 Å². The molecule has 1 N–H and O–H groups in total. The highest BCUT2D eigenvalue weighted by molar-refractivity contribution is 6.01. The van der Waals surface area contributed by atoms with Gasteiger partial charge in [-0.3, -0.25) is 4.79 Å². The predicted octanol–water partition coefficient (Wildman–Crippen LogP) is 0.239. The van der Waals surface area contributed by atoms with Crippen LogP contribution in [0.3, 0.4) is 0 Å². The molecule has 0 aliphatic carbocycles. The maximum atomic E-state index is 12.8. The van der Waals surface area contributed by atoms with E-state index >= 15 is 0 Å². The molecular weight excluding hydrogens is 178 g/mol. The van der Waals surface area contributed by atoms with Gasteiger partial charge in [-0.2, -0.15) is 8.78 Å². The van der Waals surface area contributed by atoms with E-state index in [1.54, 1.807) is 19.0 Å². The van der Waals surface area contributed by atoms with E-state index in [1.807, 2.05) is 0 Å². The molecule has 0 atom stereocenters. The second kappa shape index (κ2) is 3.41. The molecule has 0 aromatic rings. The minimum Gasteiger partial charge on any atom is -0.383 e. The van der Waals surface area contributed by atoms with Crippen LogP contribution in [-0.4, -0.2) is 43.8 Å².